The smallest absolute Gasteiger partial charge is 0.292 e. The molecule has 2 rings (SSSR count). The molecule has 1 heterocycles. The number of hydrogen-bond donors (Lipinski definition) is 1. The van der Waals surface area contributed by atoms with Crippen molar-refractivity contribution in [2.45, 2.75) is 52.2 Å². The van der Waals surface area contributed by atoms with Gasteiger partial charge >= 0.3 is 0 Å². The number of nitrogens with zero attached hydrogens (tertiary/aromatic N) is 2. The van der Waals surface area contributed by atoms with Gasteiger partial charge in [-0.25, -0.2) is 0 Å². The average molecular weight is 263 g/mol. The van der Waals surface area contributed by atoms with Crippen molar-refractivity contribution >= 4 is 11.4 Å². The zero-order chi connectivity index (χ0) is 14.2. The van der Waals surface area contributed by atoms with E-state index < -0.39 is 4.92 Å². The predicted molar refractivity (Wildman–Crippen MR) is 75.9 cm³/mol. The molecule has 0 aromatic heterocycles. The highest BCUT2D eigenvalue weighted by molar-refractivity contribution is 5.65. The highest BCUT2D eigenvalue weighted by Gasteiger charge is 2.29. The molecule has 0 bridgehead atoms. The molecule has 5 heteroatoms. The Morgan fingerprint density at radius 3 is 2.47 bits per heavy atom. The van der Waals surface area contributed by atoms with Crippen LogP contribution in [0.2, 0.25) is 0 Å². The number of nitrogen functional groups attached to an aromatic ring is 1. The lowest BCUT2D eigenvalue weighted by Crippen LogP contribution is -2.32. The molecular formula is C14H21N3O2. The third kappa shape index (κ3) is 2.56. The molecule has 0 aliphatic carbocycles. The fraction of sp³-hybridized carbons (Fsp3) is 0.571. The summed E-state index contributed by atoms with van der Waals surface area (Å²) in [7, 11) is 0. The third-order valence-corrected chi connectivity index (χ3v) is 4.24. The predicted octanol–water partition coefficient (Wildman–Crippen LogP) is 2.86. The first-order valence-corrected chi connectivity index (χ1v) is 6.70. The second-order valence-electron chi connectivity index (χ2n) is 5.50. The van der Waals surface area contributed by atoms with E-state index >= 15 is 0 Å². The first-order chi connectivity index (χ1) is 8.91. The van der Waals surface area contributed by atoms with Crippen LogP contribution in [0.5, 0.6) is 0 Å². The van der Waals surface area contributed by atoms with Crippen molar-refractivity contribution in [2.24, 2.45) is 0 Å². The number of aryl methyl sites for hydroxylation is 1. The molecule has 19 heavy (non-hydrogen) atoms. The fourth-order valence-corrected chi connectivity index (χ4v) is 2.87. The molecule has 1 fully saturated rings. The van der Waals surface area contributed by atoms with Crippen LogP contribution in [0.4, 0.5) is 11.4 Å². The number of benzene rings is 1. The van der Waals surface area contributed by atoms with E-state index in [-0.39, 0.29) is 5.69 Å². The minimum atomic E-state index is -0.408. The Labute approximate surface area is 113 Å². The van der Waals surface area contributed by atoms with Crippen molar-refractivity contribution in [2.75, 3.05) is 5.73 Å². The molecule has 2 atom stereocenters. The van der Waals surface area contributed by atoms with Crippen LogP contribution in [-0.2, 0) is 6.54 Å². The minimum Gasteiger partial charge on any atom is -0.393 e. The summed E-state index contributed by atoms with van der Waals surface area (Å²) in [6.07, 6.45) is 2.35. The van der Waals surface area contributed by atoms with Gasteiger partial charge in [-0.2, -0.15) is 0 Å². The maximum atomic E-state index is 11.0. The first-order valence-electron chi connectivity index (χ1n) is 6.70. The van der Waals surface area contributed by atoms with Gasteiger partial charge in [0.05, 0.1) is 4.92 Å². The van der Waals surface area contributed by atoms with E-state index in [9.17, 15) is 10.1 Å². The quantitative estimate of drug-likeness (QED) is 0.517. The van der Waals surface area contributed by atoms with E-state index in [0.717, 1.165) is 11.1 Å². The van der Waals surface area contributed by atoms with E-state index in [1.54, 1.807) is 6.07 Å². The molecule has 1 aliphatic heterocycles. The monoisotopic (exact) mass is 263 g/mol. The van der Waals surface area contributed by atoms with Gasteiger partial charge in [-0.1, -0.05) is 6.07 Å². The summed E-state index contributed by atoms with van der Waals surface area (Å²) in [6, 6.07) is 4.29. The van der Waals surface area contributed by atoms with Gasteiger partial charge in [0.15, 0.2) is 0 Å². The van der Waals surface area contributed by atoms with Crippen LogP contribution in [0, 0.1) is 17.0 Å². The van der Waals surface area contributed by atoms with Crippen LogP contribution >= 0.6 is 0 Å². The molecule has 5 nitrogen and oxygen atoms in total. The van der Waals surface area contributed by atoms with Crippen LogP contribution in [-0.4, -0.2) is 21.9 Å². The van der Waals surface area contributed by atoms with Crippen molar-refractivity contribution in [1.82, 2.24) is 4.90 Å². The second-order valence-corrected chi connectivity index (χ2v) is 5.50. The van der Waals surface area contributed by atoms with Gasteiger partial charge in [0.25, 0.3) is 5.69 Å². The van der Waals surface area contributed by atoms with Crippen LogP contribution in [0.1, 0.15) is 37.8 Å². The summed E-state index contributed by atoms with van der Waals surface area (Å²) in [6.45, 7) is 7.06. The molecule has 1 aromatic rings. The summed E-state index contributed by atoms with van der Waals surface area (Å²) in [5.74, 6) is 0. The Balaban J connectivity index is 2.34. The number of nitro benzene ring substituents is 1. The van der Waals surface area contributed by atoms with Crippen LogP contribution < -0.4 is 5.73 Å². The van der Waals surface area contributed by atoms with E-state index in [4.69, 9.17) is 5.73 Å². The first kappa shape index (κ1) is 13.8. The summed E-state index contributed by atoms with van der Waals surface area (Å²) in [5.41, 5.74) is 8.24. The second kappa shape index (κ2) is 5.17. The summed E-state index contributed by atoms with van der Waals surface area (Å²) in [4.78, 5) is 12.9. The third-order valence-electron chi connectivity index (χ3n) is 4.24. The van der Waals surface area contributed by atoms with Crippen molar-refractivity contribution in [3.8, 4) is 0 Å². The lowest BCUT2D eigenvalue weighted by atomic mass is 10.0. The van der Waals surface area contributed by atoms with Crippen molar-refractivity contribution in [3.05, 3.63) is 33.4 Å². The largest absolute Gasteiger partial charge is 0.393 e. The van der Waals surface area contributed by atoms with Crippen LogP contribution in [0.3, 0.4) is 0 Å². The lowest BCUT2D eigenvalue weighted by Gasteiger charge is -2.27. The Hall–Kier alpha value is -1.62. The van der Waals surface area contributed by atoms with Crippen LogP contribution in [0.25, 0.3) is 0 Å². The molecule has 0 radical (unpaired) electrons. The van der Waals surface area contributed by atoms with E-state index in [2.05, 4.69) is 18.7 Å². The topological polar surface area (TPSA) is 72.4 Å². The van der Waals surface area contributed by atoms with E-state index in [1.165, 1.54) is 18.9 Å². The number of rotatable bonds is 3. The zero-order valence-corrected chi connectivity index (χ0v) is 11.7. The Bertz CT molecular complexity index is 492. The van der Waals surface area contributed by atoms with Gasteiger partial charge < -0.3 is 5.73 Å². The van der Waals surface area contributed by atoms with Gasteiger partial charge in [0.1, 0.15) is 5.69 Å². The van der Waals surface area contributed by atoms with Gasteiger partial charge in [0, 0.05) is 24.7 Å². The zero-order valence-electron chi connectivity index (χ0n) is 11.7. The highest BCUT2D eigenvalue weighted by Crippen LogP contribution is 2.32. The molecule has 1 aromatic carbocycles. The Morgan fingerprint density at radius 1 is 1.37 bits per heavy atom. The van der Waals surface area contributed by atoms with Gasteiger partial charge in [-0.3, -0.25) is 15.0 Å². The summed E-state index contributed by atoms with van der Waals surface area (Å²) < 4.78 is 0. The number of likely N-dealkylation sites (tertiary alicyclic amines) is 1. The van der Waals surface area contributed by atoms with Gasteiger partial charge in [-0.15, -0.1) is 0 Å². The minimum absolute atomic E-state index is 0.0140. The molecule has 0 amide bonds. The molecule has 1 saturated heterocycles. The Kier molecular flexibility index (Phi) is 3.75. The highest BCUT2D eigenvalue weighted by atomic mass is 16.6. The molecule has 104 valence electrons. The lowest BCUT2D eigenvalue weighted by molar-refractivity contribution is -0.384. The number of nitro groups is 1. The van der Waals surface area contributed by atoms with Crippen molar-refractivity contribution < 1.29 is 4.92 Å². The molecule has 0 spiro atoms. The molecule has 2 unspecified atom stereocenters. The molecule has 2 N–H and O–H groups in total. The average Bonchev–Trinajstić information content (AvgIpc) is 2.64. The maximum absolute atomic E-state index is 11.0. The standard InChI is InChI=1S/C14H21N3O2/c1-9-4-7-13(17(18)19)14(15)12(9)8-16-10(2)5-6-11(16)3/h4,7,10-11H,5-6,8,15H2,1-3H3. The number of nitrogens with two attached hydrogens (primary N) is 1. The van der Waals surface area contributed by atoms with Gasteiger partial charge in [0.2, 0.25) is 0 Å². The van der Waals surface area contributed by atoms with Crippen molar-refractivity contribution in [3.63, 3.8) is 0 Å². The maximum Gasteiger partial charge on any atom is 0.292 e. The Morgan fingerprint density at radius 2 is 1.95 bits per heavy atom. The summed E-state index contributed by atoms with van der Waals surface area (Å²) >= 11 is 0. The van der Waals surface area contributed by atoms with Gasteiger partial charge in [-0.05, 0) is 44.7 Å². The van der Waals surface area contributed by atoms with E-state index in [1.807, 2.05) is 6.92 Å². The normalized spacial score (nSPS) is 23.7. The molecular weight excluding hydrogens is 242 g/mol. The van der Waals surface area contributed by atoms with E-state index in [0.29, 0.717) is 24.3 Å². The van der Waals surface area contributed by atoms with Crippen molar-refractivity contribution in [1.29, 1.82) is 0 Å². The summed E-state index contributed by atoms with van der Waals surface area (Å²) in [5, 5.41) is 11.0. The number of anilines is 1. The number of hydrogen-bond acceptors (Lipinski definition) is 4. The SMILES string of the molecule is Cc1ccc([N+](=O)[O-])c(N)c1CN1C(C)CCC1C. The fourth-order valence-electron chi connectivity index (χ4n) is 2.87. The molecule has 0 saturated carbocycles. The molecule has 1 aliphatic rings. The van der Waals surface area contributed by atoms with Crippen LogP contribution in [0.15, 0.2) is 12.1 Å².